The van der Waals surface area contributed by atoms with Crippen molar-refractivity contribution in [3.8, 4) is 0 Å². The fourth-order valence-corrected chi connectivity index (χ4v) is 9.52. The van der Waals surface area contributed by atoms with Crippen LogP contribution in [0, 0.1) is 14.9 Å². The van der Waals surface area contributed by atoms with Crippen molar-refractivity contribution in [1.29, 1.82) is 0 Å². The summed E-state index contributed by atoms with van der Waals surface area (Å²) in [6.07, 6.45) is 3.84. The van der Waals surface area contributed by atoms with Gasteiger partial charge in [-0.2, -0.15) is 0 Å². The molecular formula is C29H34Cl4Ir2P2+2. The molecule has 0 saturated carbocycles. The molecule has 0 radical (unpaired) electrons. The molecule has 0 N–H and O–H groups in total. The van der Waals surface area contributed by atoms with Gasteiger partial charge in [0.15, 0.2) is 0 Å². The first-order valence-electron chi connectivity index (χ1n) is 10.9. The van der Waals surface area contributed by atoms with Gasteiger partial charge in [-0.05, 0) is 48.5 Å². The van der Waals surface area contributed by atoms with Crippen molar-refractivity contribution < 1.29 is 31.3 Å². The minimum Gasteiger partial charge on any atom is -0.0620 e. The molecule has 0 nitrogen and oxygen atoms in total. The van der Waals surface area contributed by atoms with E-state index in [1.807, 2.05) is 0 Å². The van der Waals surface area contributed by atoms with Crippen molar-refractivity contribution in [2.45, 2.75) is 6.42 Å². The maximum Gasteiger partial charge on any atom is 0.0966 e. The van der Waals surface area contributed by atoms with E-state index in [1.165, 1.54) is 40.0 Å². The summed E-state index contributed by atoms with van der Waals surface area (Å²) in [5.74, 6) is 0. The largest absolute Gasteiger partial charge is 0.0966 e. The summed E-state index contributed by atoms with van der Waals surface area (Å²) < 4.78 is 0. The maximum absolute atomic E-state index is 4.89. The van der Waals surface area contributed by atoms with Gasteiger partial charge in [-0.25, -0.2) is 0 Å². The Morgan fingerprint density at radius 1 is 0.405 bits per heavy atom. The fraction of sp³-hybridized carbons (Fsp3) is 0.103. The second-order valence-electron chi connectivity index (χ2n) is 7.37. The zero-order valence-electron chi connectivity index (χ0n) is 20.8. The van der Waals surface area contributed by atoms with Gasteiger partial charge in [0, 0.05) is 6.42 Å². The van der Waals surface area contributed by atoms with Crippen LogP contribution in [0.3, 0.4) is 0 Å². The summed E-state index contributed by atoms with van der Waals surface area (Å²) in [5.41, 5.74) is 0. The Morgan fingerprint density at radius 3 is 0.784 bits per heavy atom. The molecule has 8 heteroatoms. The fourth-order valence-electron chi connectivity index (χ4n) is 3.91. The van der Waals surface area contributed by atoms with Crippen molar-refractivity contribution in [2.75, 3.05) is 12.3 Å². The van der Waals surface area contributed by atoms with Crippen molar-refractivity contribution >= 4 is 75.4 Å². The van der Waals surface area contributed by atoms with Gasteiger partial charge in [-0.1, -0.05) is 72.8 Å². The first-order chi connectivity index (χ1) is 17.2. The molecule has 0 fully saturated rings. The van der Waals surface area contributed by atoms with Crippen LogP contribution in [-0.4, -0.2) is 12.3 Å². The first-order valence-corrected chi connectivity index (χ1v) is 26.1. The predicted molar refractivity (Wildman–Crippen MR) is 172 cm³/mol. The molecule has 0 aromatic heterocycles. The molecule has 37 heavy (non-hydrogen) atoms. The van der Waals surface area contributed by atoms with Gasteiger partial charge in [-0.15, -0.1) is 0 Å². The molecule has 0 aliphatic heterocycles. The summed E-state index contributed by atoms with van der Waals surface area (Å²) >= 11 is -1.11. The number of halogens is 4. The van der Waals surface area contributed by atoms with Crippen LogP contribution in [0.2, 0.25) is 0 Å². The van der Waals surface area contributed by atoms with Gasteiger partial charge in [0.1, 0.15) is 0 Å². The standard InChI is InChI=1S/C27H26P2.2CH3.4ClH.2Ir/c1-5-14-24(15-6-1)28(25-16-7-2-8-17-25)22-13-23-29(26-18-9-3-10-19-26)27-20-11-4-12-21-27;;;;;;;;/h1-12,14-21H,13,22-23H2;2*1H3;4*1H;;/q;2*-1;;;;;2*+3/p-2. The molecule has 204 valence electrons. The normalized spacial score (nSPS) is 9.89. The Kier molecular flexibility index (Phi) is 24.2. The van der Waals surface area contributed by atoms with Crippen LogP contribution in [0.25, 0.3) is 0 Å². The van der Waals surface area contributed by atoms with E-state index in [0.29, 0.717) is 0 Å². The second kappa shape index (κ2) is 24.0. The van der Waals surface area contributed by atoms with Crippen LogP contribution < -0.4 is 21.2 Å². The van der Waals surface area contributed by atoms with Crippen molar-refractivity contribution in [3.63, 3.8) is 0 Å². The molecule has 0 unspecified atom stereocenters. The van der Waals surface area contributed by atoms with Crippen LogP contribution in [0.5, 0.6) is 0 Å². The molecule has 4 aromatic carbocycles. The minimum atomic E-state index is -0.742. The molecule has 0 saturated heterocycles. The molecule has 0 atom stereocenters. The first kappa shape index (κ1) is 37.2. The van der Waals surface area contributed by atoms with Gasteiger partial charge in [0.25, 0.3) is 0 Å². The molecule has 0 heterocycles. The third-order valence-corrected chi connectivity index (χ3v) is 11.2. The zero-order valence-corrected chi connectivity index (χ0v) is 30.7. The molecule has 4 aromatic rings. The Balaban J connectivity index is 0.00000148. The van der Waals surface area contributed by atoms with E-state index in [9.17, 15) is 0 Å². The van der Waals surface area contributed by atoms with E-state index in [4.69, 9.17) is 38.3 Å². The van der Waals surface area contributed by atoms with Gasteiger partial charge >= 0.3 is 69.7 Å². The Hall–Kier alpha value is 0.199. The average Bonchev–Trinajstić information content (AvgIpc) is 2.92. The molecule has 0 amide bonds. The monoisotopic (exact) mass is 970 g/mol. The summed E-state index contributed by atoms with van der Waals surface area (Å²) in [4.78, 5) is 0. The molecule has 0 bridgehead atoms. The number of hydrogen-bond acceptors (Lipinski definition) is 0. The quantitative estimate of drug-likeness (QED) is 0.123. The summed E-state index contributed by atoms with van der Waals surface area (Å²) in [6.45, 7) is 0. The van der Waals surface area contributed by atoms with Crippen LogP contribution in [0.15, 0.2) is 121 Å². The summed E-state index contributed by atoms with van der Waals surface area (Å²) in [5, 5.41) is 6.10. The van der Waals surface area contributed by atoms with Crippen molar-refractivity contribution in [2.24, 2.45) is 0 Å². The third kappa shape index (κ3) is 14.4. The summed E-state index contributed by atoms with van der Waals surface area (Å²) in [7, 11) is 18.1. The van der Waals surface area contributed by atoms with E-state index in [-0.39, 0.29) is 14.9 Å². The van der Waals surface area contributed by atoms with Gasteiger partial charge in [0.05, 0.1) is 49.4 Å². The van der Waals surface area contributed by atoms with Crippen LogP contribution in [-0.2, 0) is 31.3 Å². The Bertz CT molecular complexity index is 867. The van der Waals surface area contributed by atoms with E-state index in [1.54, 1.807) is 0 Å². The minimum absolute atomic E-state index is 0. The van der Waals surface area contributed by atoms with Crippen molar-refractivity contribution in [3.05, 3.63) is 136 Å². The van der Waals surface area contributed by atoms with Gasteiger partial charge in [-0.3, -0.25) is 0 Å². The molecule has 0 aliphatic rings. The molecule has 0 spiro atoms. The smallest absolute Gasteiger partial charge is 0.0620 e. The SMILES string of the molecule is [CH3-].[CH3-].[Cl][Ir+][Cl].[Cl][Ir+][Cl].c1ccc([PH+](CCC[PH+](c2ccccc2)c2ccccc2)c2ccccc2)cc1. The number of benzene rings is 4. The topological polar surface area (TPSA) is 0 Å². The van der Waals surface area contributed by atoms with Gasteiger partial charge in [0.2, 0.25) is 0 Å². The Labute approximate surface area is 259 Å². The van der Waals surface area contributed by atoms with E-state index < -0.39 is 47.2 Å². The summed E-state index contributed by atoms with van der Waals surface area (Å²) in [6, 6.07) is 44.6. The second-order valence-corrected chi connectivity index (χ2v) is 19.5. The molecule has 0 aliphatic carbocycles. The zero-order chi connectivity index (χ0) is 25.1. The third-order valence-electron chi connectivity index (χ3n) is 5.34. The Morgan fingerprint density at radius 2 is 0.595 bits per heavy atom. The number of hydrogen-bond donors (Lipinski definition) is 0. The molecular weight excluding hydrogens is 937 g/mol. The number of rotatable bonds is 8. The van der Waals surface area contributed by atoms with E-state index in [0.717, 1.165) is 0 Å². The van der Waals surface area contributed by atoms with E-state index in [2.05, 4.69) is 121 Å². The predicted octanol–water partition coefficient (Wildman–Crippen LogP) is 8.76. The molecule has 4 rings (SSSR count). The van der Waals surface area contributed by atoms with Crippen LogP contribution in [0.1, 0.15) is 6.42 Å². The van der Waals surface area contributed by atoms with Crippen LogP contribution >= 0.6 is 54.2 Å². The average molecular weight is 971 g/mol. The van der Waals surface area contributed by atoms with Crippen molar-refractivity contribution in [1.82, 2.24) is 0 Å². The van der Waals surface area contributed by atoms with E-state index >= 15 is 0 Å². The van der Waals surface area contributed by atoms with Gasteiger partial charge < -0.3 is 14.9 Å². The maximum atomic E-state index is 4.89. The van der Waals surface area contributed by atoms with Crippen LogP contribution in [0.4, 0.5) is 0 Å².